The first kappa shape index (κ1) is 14.3. The Morgan fingerprint density at radius 3 is 1.89 bits per heavy atom. The predicted molar refractivity (Wildman–Crippen MR) is 74.7 cm³/mol. The summed E-state index contributed by atoms with van der Waals surface area (Å²) >= 11 is 0. The molecule has 2 fully saturated rings. The van der Waals surface area contributed by atoms with Crippen molar-refractivity contribution >= 4 is 0 Å². The summed E-state index contributed by atoms with van der Waals surface area (Å²) in [6.45, 7) is 6.34. The summed E-state index contributed by atoms with van der Waals surface area (Å²) in [6, 6.07) is 0. The maximum atomic E-state index is 6.13. The van der Waals surface area contributed by atoms with Crippen LogP contribution in [0.25, 0.3) is 0 Å². The fraction of sp³-hybridized carbons (Fsp3) is 1.00. The third-order valence-electron chi connectivity index (χ3n) is 4.73. The van der Waals surface area contributed by atoms with Crippen LogP contribution < -0.4 is 0 Å². The third-order valence-corrected chi connectivity index (χ3v) is 4.73. The van der Waals surface area contributed by atoms with Crippen molar-refractivity contribution in [1.29, 1.82) is 0 Å². The zero-order valence-electron chi connectivity index (χ0n) is 12.2. The van der Waals surface area contributed by atoms with Crippen LogP contribution in [-0.2, 0) is 9.47 Å². The van der Waals surface area contributed by atoms with E-state index in [9.17, 15) is 0 Å². The topological polar surface area (TPSA) is 18.5 Å². The molecule has 0 unspecified atom stereocenters. The van der Waals surface area contributed by atoms with Gasteiger partial charge in [-0.05, 0) is 57.3 Å². The lowest BCUT2D eigenvalue weighted by atomic mass is 9.83. The molecular weight excluding hydrogens is 224 g/mol. The van der Waals surface area contributed by atoms with Crippen molar-refractivity contribution in [3.8, 4) is 0 Å². The molecule has 2 rings (SSSR count). The summed E-state index contributed by atoms with van der Waals surface area (Å²) in [5.74, 6) is 1.79. The van der Waals surface area contributed by atoms with Gasteiger partial charge in [0.25, 0.3) is 0 Å². The standard InChI is InChI=1S/C16H30O2/c1-3-17-15-8-10-16(11-9-15)18-12-14-6-4-13(2)5-7-14/h13-16H,3-12H2,1-2H3. The van der Waals surface area contributed by atoms with Gasteiger partial charge < -0.3 is 9.47 Å². The van der Waals surface area contributed by atoms with Gasteiger partial charge in [-0.1, -0.05) is 19.8 Å². The average Bonchev–Trinajstić information content (AvgIpc) is 2.40. The molecule has 2 heteroatoms. The van der Waals surface area contributed by atoms with Gasteiger partial charge >= 0.3 is 0 Å². The quantitative estimate of drug-likeness (QED) is 0.733. The molecule has 2 aliphatic carbocycles. The summed E-state index contributed by atoms with van der Waals surface area (Å²) in [6.07, 6.45) is 11.4. The zero-order chi connectivity index (χ0) is 12.8. The summed E-state index contributed by atoms with van der Waals surface area (Å²) < 4.78 is 11.8. The van der Waals surface area contributed by atoms with Crippen LogP contribution in [0.4, 0.5) is 0 Å². The number of hydrogen-bond acceptors (Lipinski definition) is 2. The maximum Gasteiger partial charge on any atom is 0.0577 e. The highest BCUT2D eigenvalue weighted by Crippen LogP contribution is 2.30. The van der Waals surface area contributed by atoms with E-state index < -0.39 is 0 Å². The van der Waals surface area contributed by atoms with E-state index in [-0.39, 0.29) is 0 Å². The second-order valence-electron chi connectivity index (χ2n) is 6.31. The Morgan fingerprint density at radius 2 is 1.33 bits per heavy atom. The molecule has 0 radical (unpaired) electrons. The molecule has 0 amide bonds. The van der Waals surface area contributed by atoms with Crippen LogP contribution >= 0.6 is 0 Å². The molecule has 18 heavy (non-hydrogen) atoms. The highest BCUT2D eigenvalue weighted by Gasteiger charge is 2.24. The van der Waals surface area contributed by atoms with E-state index in [1.165, 1.54) is 51.4 Å². The van der Waals surface area contributed by atoms with Crippen LogP contribution in [0.3, 0.4) is 0 Å². The van der Waals surface area contributed by atoms with Gasteiger partial charge in [0.15, 0.2) is 0 Å². The first-order chi connectivity index (χ1) is 8.78. The SMILES string of the molecule is CCOC1CCC(OCC2CCC(C)CC2)CC1. The minimum Gasteiger partial charge on any atom is -0.379 e. The maximum absolute atomic E-state index is 6.13. The van der Waals surface area contributed by atoms with E-state index in [0.717, 1.165) is 25.0 Å². The van der Waals surface area contributed by atoms with Crippen LogP contribution in [0, 0.1) is 11.8 Å². The van der Waals surface area contributed by atoms with Gasteiger partial charge in [0.2, 0.25) is 0 Å². The van der Waals surface area contributed by atoms with Gasteiger partial charge in [0.1, 0.15) is 0 Å². The summed E-state index contributed by atoms with van der Waals surface area (Å²) in [5.41, 5.74) is 0. The largest absolute Gasteiger partial charge is 0.379 e. The molecule has 106 valence electrons. The Bertz CT molecular complexity index is 213. The molecule has 0 aliphatic heterocycles. The van der Waals surface area contributed by atoms with E-state index in [0.29, 0.717) is 12.2 Å². The van der Waals surface area contributed by atoms with Gasteiger partial charge in [-0.15, -0.1) is 0 Å². The average molecular weight is 254 g/mol. The van der Waals surface area contributed by atoms with Crippen LogP contribution in [0.5, 0.6) is 0 Å². The minimum absolute atomic E-state index is 0.505. The smallest absolute Gasteiger partial charge is 0.0577 e. The Morgan fingerprint density at radius 1 is 0.778 bits per heavy atom. The molecule has 0 bridgehead atoms. The van der Waals surface area contributed by atoms with Gasteiger partial charge in [-0.2, -0.15) is 0 Å². The highest BCUT2D eigenvalue weighted by molar-refractivity contribution is 4.75. The summed E-state index contributed by atoms with van der Waals surface area (Å²) in [5, 5.41) is 0. The Balaban J connectivity index is 1.57. The fourth-order valence-electron chi connectivity index (χ4n) is 3.37. The van der Waals surface area contributed by atoms with Gasteiger partial charge in [0, 0.05) is 13.2 Å². The lowest BCUT2D eigenvalue weighted by molar-refractivity contribution is -0.0411. The molecule has 0 N–H and O–H groups in total. The number of hydrogen-bond donors (Lipinski definition) is 0. The minimum atomic E-state index is 0.505. The molecule has 0 atom stereocenters. The molecular formula is C16H30O2. The van der Waals surface area contributed by atoms with Crippen molar-refractivity contribution in [2.75, 3.05) is 13.2 Å². The molecule has 2 nitrogen and oxygen atoms in total. The molecule has 0 aromatic rings. The van der Waals surface area contributed by atoms with E-state index in [4.69, 9.17) is 9.47 Å². The molecule has 0 aromatic carbocycles. The lowest BCUT2D eigenvalue weighted by Gasteiger charge is -2.31. The Hall–Kier alpha value is -0.0800. The first-order valence-corrected chi connectivity index (χ1v) is 8.01. The summed E-state index contributed by atoms with van der Waals surface area (Å²) in [4.78, 5) is 0. The molecule has 0 heterocycles. The van der Waals surface area contributed by atoms with Gasteiger partial charge in [-0.3, -0.25) is 0 Å². The fourth-order valence-corrected chi connectivity index (χ4v) is 3.37. The summed E-state index contributed by atoms with van der Waals surface area (Å²) in [7, 11) is 0. The van der Waals surface area contributed by atoms with E-state index in [1.807, 2.05) is 0 Å². The van der Waals surface area contributed by atoms with E-state index >= 15 is 0 Å². The van der Waals surface area contributed by atoms with Crippen molar-refractivity contribution in [1.82, 2.24) is 0 Å². The third kappa shape index (κ3) is 4.55. The van der Waals surface area contributed by atoms with E-state index in [1.54, 1.807) is 0 Å². The van der Waals surface area contributed by atoms with Crippen molar-refractivity contribution in [2.24, 2.45) is 11.8 Å². The second-order valence-corrected chi connectivity index (χ2v) is 6.31. The first-order valence-electron chi connectivity index (χ1n) is 8.01. The highest BCUT2D eigenvalue weighted by atomic mass is 16.5. The predicted octanol–water partition coefficient (Wildman–Crippen LogP) is 4.18. The Labute approximate surface area is 112 Å². The van der Waals surface area contributed by atoms with Gasteiger partial charge in [-0.25, -0.2) is 0 Å². The molecule has 0 saturated heterocycles. The Kier molecular flexibility index (Phi) is 5.97. The normalized spacial score (nSPS) is 37.7. The van der Waals surface area contributed by atoms with Crippen LogP contribution in [0.15, 0.2) is 0 Å². The van der Waals surface area contributed by atoms with Crippen molar-refractivity contribution in [3.05, 3.63) is 0 Å². The molecule has 2 aliphatic rings. The molecule has 0 aromatic heterocycles. The zero-order valence-corrected chi connectivity index (χ0v) is 12.2. The van der Waals surface area contributed by atoms with Crippen LogP contribution in [0.2, 0.25) is 0 Å². The van der Waals surface area contributed by atoms with Crippen LogP contribution in [-0.4, -0.2) is 25.4 Å². The van der Waals surface area contributed by atoms with Crippen molar-refractivity contribution in [3.63, 3.8) is 0 Å². The van der Waals surface area contributed by atoms with Crippen molar-refractivity contribution < 1.29 is 9.47 Å². The van der Waals surface area contributed by atoms with E-state index in [2.05, 4.69) is 13.8 Å². The molecule has 0 spiro atoms. The molecule has 2 saturated carbocycles. The van der Waals surface area contributed by atoms with Crippen molar-refractivity contribution in [2.45, 2.75) is 77.4 Å². The van der Waals surface area contributed by atoms with Crippen LogP contribution in [0.1, 0.15) is 65.2 Å². The monoisotopic (exact) mass is 254 g/mol. The number of rotatable bonds is 5. The number of ether oxygens (including phenoxy) is 2. The lowest BCUT2D eigenvalue weighted by Crippen LogP contribution is -2.28. The second kappa shape index (κ2) is 7.49. The van der Waals surface area contributed by atoms with Gasteiger partial charge in [0.05, 0.1) is 12.2 Å².